The van der Waals surface area contributed by atoms with E-state index in [1.807, 2.05) is 0 Å². The number of amides is 1. The molecule has 1 rings (SSSR count). The van der Waals surface area contributed by atoms with Crippen LogP contribution in [0.1, 0.15) is 36.5 Å². The van der Waals surface area contributed by atoms with E-state index in [0.717, 1.165) is 25.5 Å². The number of hydrogen-bond donors (Lipinski definition) is 1. The van der Waals surface area contributed by atoms with Crippen LogP contribution >= 0.6 is 0 Å². The summed E-state index contributed by atoms with van der Waals surface area (Å²) < 4.78 is 0. The van der Waals surface area contributed by atoms with Crippen molar-refractivity contribution >= 4 is 17.4 Å². The number of anilines is 1. The molecular weight excluding hydrogens is 260 g/mol. The summed E-state index contributed by atoms with van der Waals surface area (Å²) >= 11 is 0. The van der Waals surface area contributed by atoms with E-state index in [1.165, 1.54) is 6.07 Å². The average molecular weight is 280 g/mol. The van der Waals surface area contributed by atoms with Crippen LogP contribution in [-0.2, 0) is 0 Å². The summed E-state index contributed by atoms with van der Waals surface area (Å²) in [5.41, 5.74) is 0.0370. The molecule has 1 amide bonds. The van der Waals surface area contributed by atoms with Gasteiger partial charge in [-0.05, 0) is 6.42 Å². The average Bonchev–Trinajstić information content (AvgIpc) is 2.45. The molecule has 0 bridgehead atoms. The van der Waals surface area contributed by atoms with E-state index in [2.05, 4.69) is 17.2 Å². The van der Waals surface area contributed by atoms with Crippen LogP contribution in [0.25, 0.3) is 0 Å². The van der Waals surface area contributed by atoms with Gasteiger partial charge in [0.25, 0.3) is 11.6 Å². The molecule has 0 aliphatic heterocycles. The van der Waals surface area contributed by atoms with Crippen LogP contribution < -0.4 is 5.32 Å². The molecule has 0 spiro atoms. The largest absolute Gasteiger partial charge is 0.372 e. The lowest BCUT2D eigenvalue weighted by Crippen LogP contribution is -2.28. The van der Waals surface area contributed by atoms with Crippen LogP contribution in [0, 0.1) is 10.1 Å². The summed E-state index contributed by atoms with van der Waals surface area (Å²) in [6, 6.07) is 1.26. The van der Waals surface area contributed by atoms with Gasteiger partial charge in [0.15, 0.2) is 0 Å². The molecule has 7 nitrogen and oxygen atoms in total. The molecule has 1 aromatic rings. The van der Waals surface area contributed by atoms with Crippen molar-refractivity contribution in [2.45, 2.75) is 26.2 Å². The Morgan fingerprint density at radius 1 is 1.50 bits per heavy atom. The van der Waals surface area contributed by atoms with E-state index in [4.69, 9.17) is 0 Å². The third kappa shape index (κ3) is 3.91. The molecule has 110 valence electrons. The second-order valence-corrected chi connectivity index (χ2v) is 4.53. The van der Waals surface area contributed by atoms with Crippen molar-refractivity contribution in [2.75, 3.05) is 26.0 Å². The van der Waals surface area contributed by atoms with Crippen LogP contribution in [0.5, 0.6) is 0 Å². The van der Waals surface area contributed by atoms with Gasteiger partial charge in [-0.15, -0.1) is 0 Å². The molecule has 0 aromatic carbocycles. The van der Waals surface area contributed by atoms with Gasteiger partial charge in [-0.25, -0.2) is 4.98 Å². The molecule has 0 unspecified atom stereocenters. The molecule has 0 fully saturated rings. The van der Waals surface area contributed by atoms with E-state index in [9.17, 15) is 14.9 Å². The van der Waals surface area contributed by atoms with Gasteiger partial charge in [0.2, 0.25) is 0 Å². The Balaban J connectivity index is 2.94. The number of carbonyl (C=O) groups is 1. The molecule has 0 aliphatic carbocycles. The zero-order chi connectivity index (χ0) is 15.1. The molecule has 20 heavy (non-hydrogen) atoms. The Morgan fingerprint density at radius 3 is 2.75 bits per heavy atom. The Bertz CT molecular complexity index is 491. The Hall–Kier alpha value is -2.18. The van der Waals surface area contributed by atoms with Gasteiger partial charge in [-0.2, -0.15) is 0 Å². The maximum atomic E-state index is 12.3. The van der Waals surface area contributed by atoms with Crippen molar-refractivity contribution in [3.63, 3.8) is 0 Å². The summed E-state index contributed by atoms with van der Waals surface area (Å²) in [5.74, 6) is 0.0876. The van der Waals surface area contributed by atoms with Crippen LogP contribution in [0.4, 0.5) is 11.5 Å². The van der Waals surface area contributed by atoms with E-state index in [1.54, 1.807) is 19.0 Å². The standard InChI is InChI=1S/C13H20N4O3/c1-4-5-6-7-16(3)13(18)11-8-10(17(19)20)9-15-12(11)14-2/h8-9H,4-7H2,1-3H3,(H,14,15). The number of unbranched alkanes of at least 4 members (excludes halogenated alkanes) is 2. The Labute approximate surface area is 118 Å². The first kappa shape index (κ1) is 15.9. The first-order valence-electron chi connectivity index (χ1n) is 6.58. The van der Waals surface area contributed by atoms with Crippen LogP contribution in [0.3, 0.4) is 0 Å². The number of hydrogen-bond acceptors (Lipinski definition) is 5. The predicted octanol–water partition coefficient (Wildman–Crippen LogP) is 2.29. The number of carbonyl (C=O) groups excluding carboxylic acids is 1. The summed E-state index contributed by atoms with van der Waals surface area (Å²) in [5, 5.41) is 13.6. The van der Waals surface area contributed by atoms with Crippen molar-refractivity contribution in [3.8, 4) is 0 Å². The first-order chi connectivity index (χ1) is 9.51. The van der Waals surface area contributed by atoms with Gasteiger partial charge in [-0.1, -0.05) is 19.8 Å². The van der Waals surface area contributed by atoms with Crippen molar-refractivity contribution in [2.24, 2.45) is 0 Å². The van der Waals surface area contributed by atoms with E-state index < -0.39 is 4.92 Å². The topological polar surface area (TPSA) is 88.4 Å². The van der Waals surface area contributed by atoms with Crippen LogP contribution in [-0.4, -0.2) is 41.4 Å². The molecule has 0 aliphatic rings. The minimum atomic E-state index is -0.555. The van der Waals surface area contributed by atoms with Gasteiger partial charge in [0.1, 0.15) is 12.0 Å². The van der Waals surface area contributed by atoms with E-state index in [0.29, 0.717) is 12.4 Å². The van der Waals surface area contributed by atoms with Gasteiger partial charge in [-0.3, -0.25) is 14.9 Å². The maximum absolute atomic E-state index is 12.3. The molecule has 7 heteroatoms. The zero-order valence-corrected chi connectivity index (χ0v) is 12.0. The molecule has 1 N–H and O–H groups in total. The lowest BCUT2D eigenvalue weighted by Gasteiger charge is -2.18. The Morgan fingerprint density at radius 2 is 2.20 bits per heavy atom. The quantitative estimate of drug-likeness (QED) is 0.470. The van der Waals surface area contributed by atoms with Crippen LogP contribution in [0.15, 0.2) is 12.3 Å². The van der Waals surface area contributed by atoms with Gasteiger partial charge in [0, 0.05) is 26.7 Å². The summed E-state index contributed by atoms with van der Waals surface area (Å²) in [6.45, 7) is 2.71. The zero-order valence-electron chi connectivity index (χ0n) is 12.0. The third-order valence-electron chi connectivity index (χ3n) is 3.00. The number of nitrogens with one attached hydrogen (secondary N) is 1. The monoisotopic (exact) mass is 280 g/mol. The molecule has 0 radical (unpaired) electrons. The highest BCUT2D eigenvalue weighted by Crippen LogP contribution is 2.20. The van der Waals surface area contributed by atoms with Crippen molar-refractivity contribution < 1.29 is 9.72 Å². The maximum Gasteiger partial charge on any atom is 0.288 e. The molecule has 0 atom stereocenters. The minimum Gasteiger partial charge on any atom is -0.372 e. The second kappa shape index (κ2) is 7.42. The Kier molecular flexibility index (Phi) is 5.89. The van der Waals surface area contributed by atoms with Crippen LogP contribution in [0.2, 0.25) is 0 Å². The fourth-order valence-electron chi connectivity index (χ4n) is 1.82. The number of nitro groups is 1. The molecule has 1 heterocycles. The van der Waals surface area contributed by atoms with Gasteiger partial charge >= 0.3 is 0 Å². The van der Waals surface area contributed by atoms with Crippen molar-refractivity contribution in [3.05, 3.63) is 27.9 Å². The number of aromatic nitrogens is 1. The molecule has 0 saturated carbocycles. The molecular formula is C13H20N4O3. The van der Waals surface area contributed by atoms with Gasteiger partial charge in [0.05, 0.1) is 10.5 Å². The first-order valence-corrected chi connectivity index (χ1v) is 6.58. The summed E-state index contributed by atoms with van der Waals surface area (Å²) in [4.78, 5) is 28.0. The smallest absolute Gasteiger partial charge is 0.288 e. The number of rotatable bonds is 7. The highest BCUT2D eigenvalue weighted by atomic mass is 16.6. The fraction of sp³-hybridized carbons (Fsp3) is 0.538. The lowest BCUT2D eigenvalue weighted by atomic mass is 10.2. The number of pyridine rings is 1. The minimum absolute atomic E-state index is 0.186. The van der Waals surface area contributed by atoms with Crippen molar-refractivity contribution in [1.29, 1.82) is 0 Å². The molecule has 1 aromatic heterocycles. The highest BCUT2D eigenvalue weighted by Gasteiger charge is 2.20. The number of nitrogens with zero attached hydrogens (tertiary/aromatic N) is 3. The third-order valence-corrected chi connectivity index (χ3v) is 3.00. The molecule has 0 saturated heterocycles. The summed E-state index contributed by atoms with van der Waals surface area (Å²) in [6.07, 6.45) is 4.17. The van der Waals surface area contributed by atoms with E-state index in [-0.39, 0.29) is 17.2 Å². The normalized spacial score (nSPS) is 10.2. The SMILES string of the molecule is CCCCCN(C)C(=O)c1cc([N+](=O)[O-])cnc1NC. The highest BCUT2D eigenvalue weighted by molar-refractivity contribution is 5.99. The van der Waals surface area contributed by atoms with E-state index >= 15 is 0 Å². The predicted molar refractivity (Wildman–Crippen MR) is 76.9 cm³/mol. The summed E-state index contributed by atoms with van der Waals surface area (Å²) in [7, 11) is 3.32. The lowest BCUT2D eigenvalue weighted by molar-refractivity contribution is -0.385. The second-order valence-electron chi connectivity index (χ2n) is 4.53. The fourth-order valence-corrected chi connectivity index (χ4v) is 1.82. The van der Waals surface area contributed by atoms with Gasteiger partial charge < -0.3 is 10.2 Å². The van der Waals surface area contributed by atoms with Crippen molar-refractivity contribution in [1.82, 2.24) is 9.88 Å².